The molecule has 88 valence electrons. The Kier molecular flexibility index (Phi) is 3.87. The van der Waals surface area contributed by atoms with Gasteiger partial charge in [0.25, 0.3) is 0 Å². The number of hydrogen-bond acceptors (Lipinski definition) is 2. The van der Waals surface area contributed by atoms with Crippen LogP contribution in [-0.4, -0.2) is 13.2 Å². The van der Waals surface area contributed by atoms with Crippen LogP contribution >= 0.6 is 15.9 Å². The summed E-state index contributed by atoms with van der Waals surface area (Å²) in [7, 11) is 0. The minimum Gasteiger partial charge on any atom is -0.493 e. The number of nitrogens with two attached hydrogens (primary N) is 1. The van der Waals surface area contributed by atoms with Crippen molar-refractivity contribution in [2.45, 2.75) is 26.2 Å². The fourth-order valence-corrected chi connectivity index (χ4v) is 2.81. The molecule has 0 fully saturated rings. The summed E-state index contributed by atoms with van der Waals surface area (Å²) in [6.45, 7) is 3.83. The molecule has 1 atom stereocenters. The zero-order chi connectivity index (χ0) is 11.5. The second-order valence-corrected chi connectivity index (χ2v) is 5.45. The van der Waals surface area contributed by atoms with Crippen LogP contribution in [0.25, 0.3) is 0 Å². The first-order chi connectivity index (χ1) is 7.70. The minimum absolute atomic E-state index is 0.618. The first-order valence-corrected chi connectivity index (χ1v) is 6.64. The highest BCUT2D eigenvalue weighted by Gasteiger charge is 2.18. The maximum Gasteiger partial charge on any atom is 0.125 e. The van der Waals surface area contributed by atoms with E-state index in [0.29, 0.717) is 5.92 Å². The number of rotatable bonds is 4. The van der Waals surface area contributed by atoms with Gasteiger partial charge in [0, 0.05) is 10.9 Å². The molecule has 16 heavy (non-hydrogen) atoms. The lowest BCUT2D eigenvalue weighted by atomic mass is 9.96. The third-order valence-electron chi connectivity index (χ3n) is 3.05. The van der Waals surface area contributed by atoms with Crippen molar-refractivity contribution in [2.24, 2.45) is 11.7 Å². The predicted octanol–water partition coefficient (Wildman–Crippen LogP) is 2.91. The number of halogens is 1. The summed E-state index contributed by atoms with van der Waals surface area (Å²) in [6, 6.07) is 4.34. The van der Waals surface area contributed by atoms with Crippen LogP contribution in [0.3, 0.4) is 0 Å². The molecular formula is C13H18BrNO. The normalized spacial score (nSPS) is 15.7. The third-order valence-corrected chi connectivity index (χ3v) is 3.51. The van der Waals surface area contributed by atoms with Gasteiger partial charge in [0.15, 0.2) is 0 Å². The van der Waals surface area contributed by atoms with Gasteiger partial charge in [0.1, 0.15) is 5.75 Å². The quantitative estimate of drug-likeness (QED) is 0.922. The van der Waals surface area contributed by atoms with Crippen LogP contribution in [0.1, 0.15) is 24.5 Å². The lowest BCUT2D eigenvalue weighted by molar-refractivity contribution is 0.351. The van der Waals surface area contributed by atoms with Crippen molar-refractivity contribution < 1.29 is 4.74 Å². The van der Waals surface area contributed by atoms with Gasteiger partial charge in [0.05, 0.1) is 6.61 Å². The van der Waals surface area contributed by atoms with E-state index < -0.39 is 0 Å². The number of benzene rings is 1. The molecule has 1 aromatic rings. The lowest BCUT2D eigenvalue weighted by Gasteiger charge is -2.13. The number of hydrogen-bond donors (Lipinski definition) is 1. The zero-order valence-corrected chi connectivity index (χ0v) is 11.2. The first kappa shape index (κ1) is 11.9. The Balaban J connectivity index is 2.20. The van der Waals surface area contributed by atoms with Gasteiger partial charge in [0.2, 0.25) is 0 Å². The van der Waals surface area contributed by atoms with Crippen LogP contribution in [-0.2, 0) is 12.8 Å². The average molecular weight is 284 g/mol. The predicted molar refractivity (Wildman–Crippen MR) is 69.9 cm³/mol. The summed E-state index contributed by atoms with van der Waals surface area (Å²) >= 11 is 3.56. The van der Waals surface area contributed by atoms with Crippen LogP contribution in [0.15, 0.2) is 16.6 Å². The van der Waals surface area contributed by atoms with E-state index in [9.17, 15) is 0 Å². The fourth-order valence-electron chi connectivity index (χ4n) is 2.26. The van der Waals surface area contributed by atoms with Crippen molar-refractivity contribution in [1.29, 1.82) is 0 Å². The van der Waals surface area contributed by atoms with E-state index in [1.54, 1.807) is 0 Å². The molecule has 1 aromatic carbocycles. The van der Waals surface area contributed by atoms with E-state index in [4.69, 9.17) is 10.5 Å². The molecule has 0 radical (unpaired) electrons. The zero-order valence-electron chi connectivity index (χ0n) is 9.63. The van der Waals surface area contributed by atoms with Crippen molar-refractivity contribution in [3.63, 3.8) is 0 Å². The van der Waals surface area contributed by atoms with Crippen LogP contribution in [0, 0.1) is 5.92 Å². The molecule has 0 amide bonds. The molecule has 0 saturated heterocycles. The molecular weight excluding hydrogens is 266 g/mol. The molecule has 3 heteroatoms. The molecule has 2 nitrogen and oxygen atoms in total. The Labute approximate surface area is 105 Å². The average Bonchev–Trinajstić information content (AvgIpc) is 2.65. The third kappa shape index (κ3) is 2.58. The summed E-state index contributed by atoms with van der Waals surface area (Å²) in [5.41, 5.74) is 8.24. The van der Waals surface area contributed by atoms with Crippen molar-refractivity contribution in [1.82, 2.24) is 0 Å². The van der Waals surface area contributed by atoms with E-state index in [0.717, 1.165) is 42.6 Å². The van der Waals surface area contributed by atoms with Gasteiger partial charge in [-0.25, -0.2) is 0 Å². The van der Waals surface area contributed by atoms with E-state index in [2.05, 4.69) is 35.0 Å². The molecule has 0 spiro atoms. The Morgan fingerprint density at radius 2 is 2.31 bits per heavy atom. The Bertz CT molecular complexity index is 378. The van der Waals surface area contributed by atoms with Crippen molar-refractivity contribution in [3.05, 3.63) is 27.7 Å². The monoisotopic (exact) mass is 283 g/mol. The molecule has 1 aliphatic heterocycles. The van der Waals surface area contributed by atoms with Crippen molar-refractivity contribution in [2.75, 3.05) is 13.2 Å². The molecule has 0 aromatic heterocycles. The highest BCUT2D eigenvalue weighted by Crippen LogP contribution is 2.34. The minimum atomic E-state index is 0.618. The maximum atomic E-state index is 5.71. The Morgan fingerprint density at radius 3 is 3.06 bits per heavy atom. The van der Waals surface area contributed by atoms with Gasteiger partial charge in [-0.05, 0) is 48.6 Å². The van der Waals surface area contributed by atoms with E-state index >= 15 is 0 Å². The van der Waals surface area contributed by atoms with Gasteiger partial charge in [-0.1, -0.05) is 22.9 Å². The second kappa shape index (κ2) is 5.19. The number of ether oxygens (including phenoxy) is 1. The van der Waals surface area contributed by atoms with Gasteiger partial charge in [-0.3, -0.25) is 0 Å². The fraction of sp³-hybridized carbons (Fsp3) is 0.538. The van der Waals surface area contributed by atoms with Crippen molar-refractivity contribution >= 4 is 15.9 Å². The summed E-state index contributed by atoms with van der Waals surface area (Å²) in [5, 5.41) is 0. The van der Waals surface area contributed by atoms with E-state index in [-0.39, 0.29) is 0 Å². The summed E-state index contributed by atoms with van der Waals surface area (Å²) in [6.07, 6.45) is 3.16. The lowest BCUT2D eigenvalue weighted by Crippen LogP contribution is -2.08. The molecule has 1 unspecified atom stereocenters. The maximum absolute atomic E-state index is 5.71. The largest absolute Gasteiger partial charge is 0.493 e. The summed E-state index contributed by atoms with van der Waals surface area (Å²) < 4.78 is 6.87. The van der Waals surface area contributed by atoms with E-state index in [1.807, 2.05) is 0 Å². The van der Waals surface area contributed by atoms with Gasteiger partial charge < -0.3 is 10.5 Å². The molecule has 0 bridgehead atoms. The van der Waals surface area contributed by atoms with E-state index in [1.165, 1.54) is 11.1 Å². The molecule has 1 aliphatic rings. The first-order valence-electron chi connectivity index (χ1n) is 5.85. The highest BCUT2D eigenvalue weighted by atomic mass is 79.9. The van der Waals surface area contributed by atoms with Crippen LogP contribution in [0.4, 0.5) is 0 Å². The van der Waals surface area contributed by atoms with Crippen LogP contribution in [0.2, 0.25) is 0 Å². The van der Waals surface area contributed by atoms with Gasteiger partial charge in [-0.15, -0.1) is 0 Å². The van der Waals surface area contributed by atoms with Gasteiger partial charge >= 0.3 is 0 Å². The number of fused-ring (bicyclic) bond motifs is 1. The molecule has 2 rings (SSSR count). The molecule has 2 N–H and O–H groups in total. The van der Waals surface area contributed by atoms with Gasteiger partial charge in [-0.2, -0.15) is 0 Å². The summed E-state index contributed by atoms with van der Waals surface area (Å²) in [5.74, 6) is 1.74. The molecule has 1 heterocycles. The summed E-state index contributed by atoms with van der Waals surface area (Å²) in [4.78, 5) is 0. The topological polar surface area (TPSA) is 35.2 Å². The van der Waals surface area contributed by atoms with Crippen LogP contribution < -0.4 is 10.5 Å². The Hall–Kier alpha value is -0.540. The van der Waals surface area contributed by atoms with Crippen LogP contribution in [0.5, 0.6) is 5.75 Å². The SMILES string of the molecule is CC(CCN)Cc1cc(Br)cc2c1OCC2. The molecule has 0 aliphatic carbocycles. The standard InChI is InChI=1S/C13H18BrNO/c1-9(2-4-15)6-11-8-12(14)7-10-3-5-16-13(10)11/h7-9H,2-6,15H2,1H3. The highest BCUT2D eigenvalue weighted by molar-refractivity contribution is 9.10. The van der Waals surface area contributed by atoms with Crippen molar-refractivity contribution in [3.8, 4) is 5.75 Å². The smallest absolute Gasteiger partial charge is 0.125 e. The second-order valence-electron chi connectivity index (χ2n) is 4.54. The molecule has 0 saturated carbocycles. The Morgan fingerprint density at radius 1 is 1.50 bits per heavy atom.